The van der Waals surface area contributed by atoms with Gasteiger partial charge in [0.25, 0.3) is 0 Å². The summed E-state index contributed by atoms with van der Waals surface area (Å²) in [6, 6.07) is 13.3. The summed E-state index contributed by atoms with van der Waals surface area (Å²) in [5.74, 6) is 0. The van der Waals surface area contributed by atoms with E-state index in [0.29, 0.717) is 0 Å². The van der Waals surface area contributed by atoms with Gasteiger partial charge in [-0.05, 0) is 47.9 Å². The summed E-state index contributed by atoms with van der Waals surface area (Å²) in [6.45, 7) is 12.7. The van der Waals surface area contributed by atoms with Crippen LogP contribution in [0.15, 0.2) is 36.4 Å². The molecule has 0 aliphatic rings. The van der Waals surface area contributed by atoms with Crippen LogP contribution in [-0.2, 0) is 42.2 Å². The number of halogens is 2. The van der Waals surface area contributed by atoms with E-state index in [2.05, 4.69) is 80.0 Å². The Hall–Kier alpha value is -0.926. The van der Waals surface area contributed by atoms with Gasteiger partial charge in [0.2, 0.25) is 0 Å². The molecule has 2 rings (SSSR count). The monoisotopic (exact) mass is 495 g/mol. The van der Waals surface area contributed by atoms with Crippen molar-refractivity contribution in [2.45, 2.75) is 53.4 Å². The van der Waals surface area contributed by atoms with Gasteiger partial charge < -0.3 is 40.8 Å². The second-order valence-corrected chi connectivity index (χ2v) is 6.92. The topological polar surface area (TPSA) is 36.1 Å². The van der Waals surface area contributed by atoms with E-state index in [1.54, 1.807) is 0 Å². The van der Waals surface area contributed by atoms with Gasteiger partial charge in [-0.2, -0.15) is 0 Å². The zero-order valence-electron chi connectivity index (χ0n) is 18.7. The maximum atomic E-state index is 3.65. The number of aryl methyl sites for hydroxylation is 4. The van der Waals surface area contributed by atoms with Crippen LogP contribution in [0.5, 0.6) is 0 Å². The average Bonchev–Trinajstić information content (AvgIpc) is 2.72. The Morgan fingerprint density at radius 3 is 1.10 bits per heavy atom. The number of hydrogen-bond acceptors (Lipinski definition) is 3. The van der Waals surface area contributed by atoms with Gasteiger partial charge in [-0.15, -0.1) is 0 Å². The molecule has 2 aromatic rings. The van der Waals surface area contributed by atoms with Crippen molar-refractivity contribution in [2.24, 2.45) is 0 Å². The number of benzene rings is 2. The van der Waals surface area contributed by atoms with Crippen molar-refractivity contribution >= 4 is 11.4 Å². The summed E-state index contributed by atoms with van der Waals surface area (Å²) in [6.07, 6.45) is 4.29. The van der Waals surface area contributed by atoms with Crippen LogP contribution in [0.4, 0.5) is 11.4 Å². The van der Waals surface area contributed by atoms with Crippen molar-refractivity contribution < 1.29 is 41.3 Å². The van der Waals surface area contributed by atoms with Crippen molar-refractivity contribution in [2.75, 3.05) is 36.8 Å². The van der Waals surface area contributed by atoms with E-state index in [4.69, 9.17) is 0 Å². The van der Waals surface area contributed by atoms with Crippen molar-refractivity contribution in [3.63, 3.8) is 0 Å². The molecular weight excluding hydrogens is 460 g/mol. The summed E-state index contributed by atoms with van der Waals surface area (Å²) in [7, 11) is 0. The first kappa shape index (κ1) is 31.3. The summed E-state index contributed by atoms with van der Waals surface area (Å²) >= 11 is 0. The van der Waals surface area contributed by atoms with Crippen molar-refractivity contribution in [1.82, 2.24) is 5.32 Å². The molecule has 0 aliphatic carbocycles. The van der Waals surface area contributed by atoms with Gasteiger partial charge in [-0.25, -0.2) is 0 Å². The quantitative estimate of drug-likeness (QED) is 0.262. The molecule has 172 valence electrons. The van der Waals surface area contributed by atoms with Gasteiger partial charge in [0.15, 0.2) is 0 Å². The number of nitrogens with one attached hydrogen (secondary N) is 3. The Morgan fingerprint density at radius 1 is 0.533 bits per heavy atom. The molecule has 3 nitrogen and oxygen atoms in total. The Bertz CT molecular complexity index is 607. The van der Waals surface area contributed by atoms with Gasteiger partial charge in [0.1, 0.15) is 0 Å². The second-order valence-electron chi connectivity index (χ2n) is 6.92. The van der Waals surface area contributed by atoms with Crippen LogP contribution in [0, 0.1) is 0 Å². The van der Waals surface area contributed by atoms with Crippen LogP contribution in [0.1, 0.15) is 49.9 Å². The molecule has 0 saturated heterocycles. The summed E-state index contributed by atoms with van der Waals surface area (Å²) in [5, 5.41) is 10.8. The van der Waals surface area contributed by atoms with Crippen LogP contribution in [0.25, 0.3) is 0 Å². The Labute approximate surface area is 206 Å². The molecule has 0 aliphatic heterocycles. The molecule has 0 atom stereocenters. The molecule has 0 bridgehead atoms. The SMILES string of the molecule is CCc1cccc(CC)c1NCCNCCNc1c(CC)cccc1CC.[Cl-].[Cl-].[Ni+2]. The fraction of sp³-hybridized carbons (Fsp3) is 0.500. The Kier molecular flexibility index (Phi) is 18.5. The summed E-state index contributed by atoms with van der Waals surface area (Å²) in [4.78, 5) is 0. The summed E-state index contributed by atoms with van der Waals surface area (Å²) in [5.41, 5.74) is 8.34. The third-order valence-electron chi connectivity index (χ3n) is 5.20. The van der Waals surface area contributed by atoms with Crippen LogP contribution < -0.4 is 40.8 Å². The molecule has 0 unspecified atom stereocenters. The van der Waals surface area contributed by atoms with E-state index in [1.807, 2.05) is 0 Å². The van der Waals surface area contributed by atoms with Gasteiger partial charge in [-0.3, -0.25) is 0 Å². The fourth-order valence-electron chi connectivity index (χ4n) is 3.62. The predicted molar refractivity (Wildman–Crippen MR) is 120 cm³/mol. The zero-order chi connectivity index (χ0) is 19.5. The molecular formula is C24H37Cl2N3Ni. The molecule has 0 spiro atoms. The molecule has 2 aromatic carbocycles. The van der Waals surface area contributed by atoms with Crippen LogP contribution >= 0.6 is 0 Å². The van der Waals surface area contributed by atoms with Crippen LogP contribution in [0.3, 0.4) is 0 Å². The number of hydrogen-bond donors (Lipinski definition) is 3. The van der Waals surface area contributed by atoms with E-state index in [-0.39, 0.29) is 41.3 Å². The maximum Gasteiger partial charge on any atom is 2.00 e. The van der Waals surface area contributed by atoms with Crippen LogP contribution in [-0.4, -0.2) is 26.2 Å². The summed E-state index contributed by atoms with van der Waals surface area (Å²) < 4.78 is 0. The normalized spacial score (nSPS) is 9.73. The van der Waals surface area contributed by atoms with Crippen LogP contribution in [0.2, 0.25) is 0 Å². The molecule has 30 heavy (non-hydrogen) atoms. The molecule has 0 saturated carbocycles. The van der Waals surface area contributed by atoms with E-state index < -0.39 is 0 Å². The number of para-hydroxylation sites is 2. The second kappa shape index (κ2) is 17.7. The molecule has 0 fully saturated rings. The fourth-order valence-corrected chi connectivity index (χ4v) is 3.62. The molecule has 0 aromatic heterocycles. The van der Waals surface area contributed by atoms with Crippen molar-refractivity contribution in [1.29, 1.82) is 0 Å². The Balaban J connectivity index is 0. The molecule has 6 heteroatoms. The van der Waals surface area contributed by atoms with Gasteiger partial charge in [0, 0.05) is 37.6 Å². The minimum atomic E-state index is 0. The Morgan fingerprint density at radius 2 is 0.833 bits per heavy atom. The third-order valence-corrected chi connectivity index (χ3v) is 5.20. The first-order chi connectivity index (χ1) is 13.2. The molecule has 3 N–H and O–H groups in total. The van der Waals surface area contributed by atoms with E-state index >= 15 is 0 Å². The van der Waals surface area contributed by atoms with Gasteiger partial charge >= 0.3 is 16.5 Å². The number of rotatable bonds is 12. The predicted octanol–water partition coefficient (Wildman–Crippen LogP) is -0.945. The smallest absolute Gasteiger partial charge is 1.00 e. The third kappa shape index (κ3) is 9.06. The first-order valence-corrected chi connectivity index (χ1v) is 10.6. The molecule has 0 radical (unpaired) electrons. The van der Waals surface area contributed by atoms with Crippen molar-refractivity contribution in [3.8, 4) is 0 Å². The van der Waals surface area contributed by atoms with E-state index in [0.717, 1.165) is 51.9 Å². The zero-order valence-corrected chi connectivity index (χ0v) is 21.2. The van der Waals surface area contributed by atoms with E-state index in [9.17, 15) is 0 Å². The minimum Gasteiger partial charge on any atom is -1.00 e. The van der Waals surface area contributed by atoms with Crippen molar-refractivity contribution in [3.05, 3.63) is 58.7 Å². The average molecular weight is 497 g/mol. The van der Waals surface area contributed by atoms with Gasteiger partial charge in [-0.1, -0.05) is 64.1 Å². The largest absolute Gasteiger partial charge is 2.00 e. The number of anilines is 2. The molecule has 0 amide bonds. The van der Waals surface area contributed by atoms with Gasteiger partial charge in [0.05, 0.1) is 0 Å². The standard InChI is InChI=1S/C24H37N3.2ClH.Ni/c1-5-19-11-9-12-20(6-2)23(19)26-17-15-25-16-18-27-24-21(7-3)13-10-14-22(24)8-4;;;/h9-14,25-27H,5-8,15-18H2,1-4H3;2*1H;/q;;;+2/p-2. The maximum absolute atomic E-state index is 3.65. The first-order valence-electron chi connectivity index (χ1n) is 10.6. The minimum absolute atomic E-state index is 0. The molecule has 0 heterocycles. The van der Waals surface area contributed by atoms with E-state index in [1.165, 1.54) is 33.6 Å².